The van der Waals surface area contributed by atoms with E-state index in [1.807, 2.05) is 0 Å². The lowest BCUT2D eigenvalue weighted by Gasteiger charge is -2.42. The number of hydrogen-bond donors (Lipinski definition) is 0. The molecule has 0 aromatic heterocycles. The third kappa shape index (κ3) is 3.74. The molecule has 26 heavy (non-hydrogen) atoms. The van der Waals surface area contributed by atoms with Crippen LogP contribution < -0.4 is 0 Å². The molecule has 0 N–H and O–H groups in total. The molecule has 0 unspecified atom stereocenters. The Morgan fingerprint density at radius 1 is 0.923 bits per heavy atom. The van der Waals surface area contributed by atoms with E-state index in [0.29, 0.717) is 0 Å². The van der Waals surface area contributed by atoms with Crippen molar-refractivity contribution in [1.29, 1.82) is 0 Å². The largest absolute Gasteiger partial charge is 0.124 e. The molecule has 1 aliphatic rings. The van der Waals surface area contributed by atoms with Gasteiger partial charge in [-0.2, -0.15) is 0 Å². The molecule has 2 aromatic rings. The lowest BCUT2D eigenvalue weighted by molar-refractivity contribution is 0.332. The standard InChI is InChI=1S/C23H27Cl.C2H2/c1-15-7-9-17(10-8-15)16(2)18-13-19-20(14-21(18)24)23(5,6)12-11-22(19,3)4;1-2/h7-10,13-14H,2,11-12H2,1,3-6H3;1-2H. The highest BCUT2D eigenvalue weighted by Gasteiger charge is 2.37. The quantitative estimate of drug-likeness (QED) is 0.490. The molecule has 136 valence electrons. The number of halogens is 1. The predicted octanol–water partition coefficient (Wildman–Crippen LogP) is 7.31. The summed E-state index contributed by atoms with van der Waals surface area (Å²) in [4.78, 5) is 0. The summed E-state index contributed by atoms with van der Waals surface area (Å²) in [6.45, 7) is 15.8. The molecule has 2 aromatic carbocycles. The zero-order valence-corrected chi connectivity index (χ0v) is 17.4. The first kappa shape index (κ1) is 20.3. The van der Waals surface area contributed by atoms with E-state index in [9.17, 15) is 0 Å². The number of rotatable bonds is 2. The highest BCUT2D eigenvalue weighted by molar-refractivity contribution is 6.32. The SMILES string of the molecule is C#C.C=C(c1ccc(C)cc1)c1cc2c(cc1Cl)C(C)(C)CCC2(C)C. The fourth-order valence-electron chi connectivity index (χ4n) is 3.73. The maximum atomic E-state index is 6.70. The lowest BCUT2D eigenvalue weighted by atomic mass is 9.63. The van der Waals surface area contributed by atoms with E-state index in [-0.39, 0.29) is 10.8 Å². The molecule has 0 fully saturated rings. The molecule has 0 radical (unpaired) electrons. The second-order valence-electron chi connectivity index (χ2n) is 8.49. The van der Waals surface area contributed by atoms with Crippen LogP contribution in [0.25, 0.3) is 5.57 Å². The number of terminal acetylenes is 1. The Morgan fingerprint density at radius 3 is 1.88 bits per heavy atom. The first-order chi connectivity index (χ1) is 12.1. The third-order valence-electron chi connectivity index (χ3n) is 5.67. The van der Waals surface area contributed by atoms with Gasteiger partial charge in [0.2, 0.25) is 0 Å². The van der Waals surface area contributed by atoms with Crippen molar-refractivity contribution >= 4 is 17.2 Å². The van der Waals surface area contributed by atoms with Gasteiger partial charge in [-0.1, -0.05) is 75.7 Å². The van der Waals surface area contributed by atoms with Crippen LogP contribution in [-0.2, 0) is 10.8 Å². The molecule has 0 nitrogen and oxygen atoms in total. The molecule has 1 heteroatoms. The molecule has 0 heterocycles. The van der Waals surface area contributed by atoms with Gasteiger partial charge < -0.3 is 0 Å². The van der Waals surface area contributed by atoms with E-state index in [1.54, 1.807) is 0 Å². The van der Waals surface area contributed by atoms with Crippen molar-refractivity contribution in [3.8, 4) is 12.8 Å². The molecule has 0 spiro atoms. The smallest absolute Gasteiger partial charge is 0.0487 e. The Kier molecular flexibility index (Phi) is 5.74. The van der Waals surface area contributed by atoms with Crippen molar-refractivity contribution in [3.63, 3.8) is 0 Å². The van der Waals surface area contributed by atoms with Gasteiger partial charge in [0, 0.05) is 10.6 Å². The second kappa shape index (κ2) is 7.34. The average molecular weight is 365 g/mol. The van der Waals surface area contributed by atoms with Crippen LogP contribution in [0.3, 0.4) is 0 Å². The summed E-state index contributed by atoms with van der Waals surface area (Å²) in [6, 6.07) is 13.0. The summed E-state index contributed by atoms with van der Waals surface area (Å²) in [5.74, 6) is 0. The molecule has 0 bridgehead atoms. The summed E-state index contributed by atoms with van der Waals surface area (Å²) in [5, 5.41) is 0.810. The normalized spacial score (nSPS) is 16.8. The van der Waals surface area contributed by atoms with Gasteiger partial charge in [-0.25, -0.2) is 0 Å². The van der Waals surface area contributed by atoms with Gasteiger partial charge in [-0.3, -0.25) is 0 Å². The minimum atomic E-state index is 0.178. The maximum Gasteiger partial charge on any atom is 0.0487 e. The summed E-state index contributed by atoms with van der Waals surface area (Å²) >= 11 is 6.70. The maximum absolute atomic E-state index is 6.70. The second-order valence-corrected chi connectivity index (χ2v) is 8.90. The van der Waals surface area contributed by atoms with Crippen LogP contribution in [0.5, 0.6) is 0 Å². The van der Waals surface area contributed by atoms with Crippen LogP contribution in [0.2, 0.25) is 5.02 Å². The van der Waals surface area contributed by atoms with Crippen molar-refractivity contribution in [2.75, 3.05) is 0 Å². The van der Waals surface area contributed by atoms with Gasteiger partial charge in [-0.15, -0.1) is 12.8 Å². The van der Waals surface area contributed by atoms with Crippen molar-refractivity contribution in [3.05, 3.63) is 75.8 Å². The van der Waals surface area contributed by atoms with Crippen LogP contribution in [0, 0.1) is 19.8 Å². The van der Waals surface area contributed by atoms with E-state index in [2.05, 4.69) is 90.4 Å². The molecule has 0 aliphatic heterocycles. The van der Waals surface area contributed by atoms with Crippen LogP contribution in [-0.4, -0.2) is 0 Å². The molecule has 1 aliphatic carbocycles. The zero-order chi connectivity index (χ0) is 19.7. The van der Waals surface area contributed by atoms with E-state index in [4.69, 9.17) is 11.6 Å². The summed E-state index contributed by atoms with van der Waals surface area (Å²) < 4.78 is 0. The van der Waals surface area contributed by atoms with E-state index in [1.165, 1.54) is 29.5 Å². The molecular formula is C25H29Cl. The van der Waals surface area contributed by atoms with Gasteiger partial charge in [0.15, 0.2) is 0 Å². The van der Waals surface area contributed by atoms with Gasteiger partial charge in [0.25, 0.3) is 0 Å². The van der Waals surface area contributed by atoms with Crippen LogP contribution in [0.15, 0.2) is 43.0 Å². The fraction of sp³-hybridized carbons (Fsp3) is 0.360. The Balaban J connectivity index is 0.00000117. The van der Waals surface area contributed by atoms with E-state index in [0.717, 1.165) is 21.7 Å². The van der Waals surface area contributed by atoms with Crippen LogP contribution in [0.4, 0.5) is 0 Å². The molecule has 0 amide bonds. The highest BCUT2D eigenvalue weighted by atomic mass is 35.5. The summed E-state index contributed by atoms with van der Waals surface area (Å²) in [6.07, 6.45) is 10.4. The minimum absolute atomic E-state index is 0.178. The van der Waals surface area contributed by atoms with E-state index >= 15 is 0 Å². The Morgan fingerprint density at radius 2 is 1.38 bits per heavy atom. The molecule has 3 rings (SSSR count). The first-order valence-electron chi connectivity index (χ1n) is 9.06. The zero-order valence-electron chi connectivity index (χ0n) is 16.6. The Labute approximate surface area is 164 Å². The first-order valence-corrected chi connectivity index (χ1v) is 9.44. The van der Waals surface area contributed by atoms with Gasteiger partial charge >= 0.3 is 0 Å². The van der Waals surface area contributed by atoms with Gasteiger partial charge in [0.1, 0.15) is 0 Å². The summed E-state index contributed by atoms with van der Waals surface area (Å²) in [5.41, 5.74) is 7.62. The average Bonchev–Trinajstić information content (AvgIpc) is 2.61. The lowest BCUT2D eigenvalue weighted by Crippen LogP contribution is -2.34. The number of benzene rings is 2. The molecular weight excluding hydrogens is 336 g/mol. The number of fused-ring (bicyclic) bond motifs is 1. The molecule has 0 saturated carbocycles. The number of hydrogen-bond acceptors (Lipinski definition) is 0. The Bertz CT molecular complexity index is 832. The minimum Gasteiger partial charge on any atom is -0.124 e. The Hall–Kier alpha value is -1.97. The topological polar surface area (TPSA) is 0 Å². The van der Waals surface area contributed by atoms with Crippen molar-refractivity contribution in [1.82, 2.24) is 0 Å². The highest BCUT2D eigenvalue weighted by Crippen LogP contribution is 2.48. The van der Waals surface area contributed by atoms with Crippen molar-refractivity contribution < 1.29 is 0 Å². The van der Waals surface area contributed by atoms with Gasteiger partial charge in [-0.05, 0) is 65.0 Å². The third-order valence-corrected chi connectivity index (χ3v) is 5.98. The van der Waals surface area contributed by atoms with E-state index < -0.39 is 0 Å². The fourth-order valence-corrected chi connectivity index (χ4v) is 4.01. The monoisotopic (exact) mass is 364 g/mol. The van der Waals surface area contributed by atoms with Gasteiger partial charge in [0.05, 0.1) is 0 Å². The van der Waals surface area contributed by atoms with Crippen LogP contribution >= 0.6 is 11.6 Å². The summed E-state index contributed by atoms with van der Waals surface area (Å²) in [7, 11) is 0. The van der Waals surface area contributed by atoms with Crippen LogP contribution in [0.1, 0.15) is 68.4 Å². The number of aryl methyl sites for hydroxylation is 1. The molecule has 0 saturated heterocycles. The predicted molar refractivity (Wildman–Crippen MR) is 116 cm³/mol. The van der Waals surface area contributed by atoms with Crippen molar-refractivity contribution in [2.45, 2.75) is 58.3 Å². The van der Waals surface area contributed by atoms with Crippen molar-refractivity contribution in [2.24, 2.45) is 0 Å². The molecule has 0 atom stereocenters.